The van der Waals surface area contributed by atoms with Crippen LogP contribution in [-0.2, 0) is 0 Å². The maximum absolute atomic E-state index is 5.43. The normalized spacial score (nSPS) is 10.9. The van der Waals surface area contributed by atoms with Gasteiger partial charge in [-0.25, -0.2) is 4.68 Å². The molecule has 26 heavy (non-hydrogen) atoms. The molecule has 0 fully saturated rings. The van der Waals surface area contributed by atoms with Gasteiger partial charge in [0.1, 0.15) is 5.75 Å². The number of hydrogen-bond acceptors (Lipinski definition) is 6. The molecule has 0 saturated carbocycles. The van der Waals surface area contributed by atoms with Crippen LogP contribution >= 0.6 is 0 Å². The van der Waals surface area contributed by atoms with E-state index < -0.39 is 0 Å². The van der Waals surface area contributed by atoms with Crippen molar-refractivity contribution in [1.29, 1.82) is 0 Å². The number of nitrogens with zero attached hydrogens (tertiary/aromatic N) is 5. The number of aromatic nitrogens is 5. The summed E-state index contributed by atoms with van der Waals surface area (Å²) in [6.07, 6.45) is 0. The zero-order valence-electron chi connectivity index (χ0n) is 14.7. The molecule has 0 aliphatic heterocycles. The Kier molecular flexibility index (Phi) is 3.96. The third kappa shape index (κ3) is 2.73. The van der Waals surface area contributed by atoms with Crippen molar-refractivity contribution in [3.05, 3.63) is 59.8 Å². The van der Waals surface area contributed by atoms with E-state index in [1.165, 1.54) is 0 Å². The minimum absolute atomic E-state index is 0.348. The smallest absolute Gasteiger partial charge is 0.280 e. The zero-order chi connectivity index (χ0) is 18.1. The predicted octanol–water partition coefficient (Wildman–Crippen LogP) is 3.61. The average Bonchev–Trinajstić information content (AvgIpc) is 3.29. The first-order valence-corrected chi connectivity index (χ1v) is 8.14. The van der Waals surface area contributed by atoms with E-state index in [4.69, 9.17) is 9.26 Å². The maximum atomic E-state index is 5.43. The van der Waals surface area contributed by atoms with Crippen molar-refractivity contribution in [2.24, 2.45) is 0 Å². The summed E-state index contributed by atoms with van der Waals surface area (Å²) in [7, 11) is 1.63. The Labute approximate surface area is 150 Å². The standard InChI is InChI=1S/C19H17N5O2/c1-12-6-4-5-7-16(12)18-20-19(26-22-18)17-13(2)24(23-21-17)14-8-10-15(25-3)11-9-14/h4-11H,1-3H3. The van der Waals surface area contributed by atoms with Gasteiger partial charge in [-0.1, -0.05) is 34.6 Å². The van der Waals surface area contributed by atoms with E-state index in [0.29, 0.717) is 17.4 Å². The van der Waals surface area contributed by atoms with Gasteiger partial charge in [-0.15, -0.1) is 5.10 Å². The molecule has 0 N–H and O–H groups in total. The van der Waals surface area contributed by atoms with Crippen molar-refractivity contribution >= 4 is 0 Å². The summed E-state index contributed by atoms with van der Waals surface area (Å²) >= 11 is 0. The van der Waals surface area contributed by atoms with Crippen LogP contribution in [0, 0.1) is 13.8 Å². The Hall–Kier alpha value is -3.48. The lowest BCUT2D eigenvalue weighted by molar-refractivity contribution is 0.414. The van der Waals surface area contributed by atoms with E-state index >= 15 is 0 Å². The molecule has 0 radical (unpaired) electrons. The van der Waals surface area contributed by atoms with Gasteiger partial charge in [0.15, 0.2) is 5.69 Å². The summed E-state index contributed by atoms with van der Waals surface area (Å²) in [5, 5.41) is 12.5. The van der Waals surface area contributed by atoms with E-state index in [0.717, 1.165) is 28.3 Å². The third-order valence-electron chi connectivity index (χ3n) is 4.23. The fourth-order valence-electron chi connectivity index (χ4n) is 2.75. The van der Waals surface area contributed by atoms with Crippen LogP contribution < -0.4 is 4.74 Å². The molecule has 2 aromatic heterocycles. The van der Waals surface area contributed by atoms with Gasteiger partial charge in [-0.05, 0) is 43.7 Å². The number of benzene rings is 2. The molecule has 0 spiro atoms. The lowest BCUT2D eigenvalue weighted by atomic mass is 10.1. The predicted molar refractivity (Wildman–Crippen MR) is 96.1 cm³/mol. The number of hydrogen-bond donors (Lipinski definition) is 0. The van der Waals surface area contributed by atoms with Crippen LogP contribution in [0.15, 0.2) is 53.1 Å². The highest BCUT2D eigenvalue weighted by molar-refractivity contribution is 5.62. The highest BCUT2D eigenvalue weighted by Crippen LogP contribution is 2.26. The van der Waals surface area contributed by atoms with Gasteiger partial charge in [0.25, 0.3) is 5.89 Å². The number of rotatable bonds is 4. The van der Waals surface area contributed by atoms with E-state index in [1.54, 1.807) is 11.8 Å². The van der Waals surface area contributed by atoms with Crippen LogP contribution in [0.4, 0.5) is 0 Å². The van der Waals surface area contributed by atoms with Crippen LogP contribution in [0.5, 0.6) is 5.75 Å². The van der Waals surface area contributed by atoms with Crippen LogP contribution in [0.2, 0.25) is 0 Å². The molecule has 0 atom stereocenters. The molecule has 7 heteroatoms. The lowest BCUT2D eigenvalue weighted by Gasteiger charge is -2.04. The molecule has 0 saturated heterocycles. The Bertz CT molecular complexity index is 1050. The quantitative estimate of drug-likeness (QED) is 0.561. The molecule has 7 nitrogen and oxygen atoms in total. The van der Waals surface area contributed by atoms with Gasteiger partial charge >= 0.3 is 0 Å². The van der Waals surface area contributed by atoms with Crippen LogP contribution in [0.25, 0.3) is 28.7 Å². The van der Waals surface area contributed by atoms with Crippen LogP contribution in [-0.4, -0.2) is 32.2 Å². The monoisotopic (exact) mass is 347 g/mol. The summed E-state index contributed by atoms with van der Waals surface area (Å²) < 4.78 is 12.3. The van der Waals surface area contributed by atoms with Gasteiger partial charge in [0.05, 0.1) is 18.5 Å². The molecule has 130 valence electrons. The highest BCUT2D eigenvalue weighted by atomic mass is 16.5. The molecule has 2 aromatic carbocycles. The minimum Gasteiger partial charge on any atom is -0.497 e. The van der Waals surface area contributed by atoms with Gasteiger partial charge < -0.3 is 9.26 Å². The van der Waals surface area contributed by atoms with E-state index in [9.17, 15) is 0 Å². The first-order chi connectivity index (χ1) is 12.7. The minimum atomic E-state index is 0.348. The number of ether oxygens (including phenoxy) is 1. The molecule has 0 bridgehead atoms. The summed E-state index contributed by atoms with van der Waals surface area (Å²) in [6.45, 7) is 3.92. The Morgan fingerprint density at radius 2 is 1.77 bits per heavy atom. The van der Waals surface area contributed by atoms with Crippen molar-refractivity contribution in [1.82, 2.24) is 25.1 Å². The average molecular weight is 347 g/mol. The van der Waals surface area contributed by atoms with E-state index in [1.807, 2.05) is 62.4 Å². The largest absolute Gasteiger partial charge is 0.497 e. The van der Waals surface area contributed by atoms with Crippen LogP contribution in [0.3, 0.4) is 0 Å². The Balaban J connectivity index is 1.69. The molecule has 0 unspecified atom stereocenters. The van der Waals surface area contributed by atoms with Gasteiger partial charge in [-0.2, -0.15) is 4.98 Å². The van der Waals surface area contributed by atoms with Crippen molar-refractivity contribution in [3.63, 3.8) is 0 Å². The molecule has 0 amide bonds. The second-order valence-corrected chi connectivity index (χ2v) is 5.87. The fourth-order valence-corrected chi connectivity index (χ4v) is 2.75. The topological polar surface area (TPSA) is 78.9 Å². The highest BCUT2D eigenvalue weighted by Gasteiger charge is 2.19. The third-order valence-corrected chi connectivity index (χ3v) is 4.23. The van der Waals surface area contributed by atoms with Crippen molar-refractivity contribution in [2.75, 3.05) is 7.11 Å². The van der Waals surface area contributed by atoms with Crippen molar-refractivity contribution < 1.29 is 9.26 Å². The van der Waals surface area contributed by atoms with E-state index in [-0.39, 0.29) is 0 Å². The molecule has 2 heterocycles. The molecular formula is C19H17N5O2. The summed E-state index contributed by atoms with van der Waals surface area (Å²) in [5.41, 5.74) is 4.27. The van der Waals surface area contributed by atoms with Crippen molar-refractivity contribution in [2.45, 2.75) is 13.8 Å². The van der Waals surface area contributed by atoms with Gasteiger partial charge in [-0.3, -0.25) is 0 Å². The molecule has 4 rings (SSSR count). The summed E-state index contributed by atoms with van der Waals surface area (Å²) in [6, 6.07) is 15.5. The molecular weight excluding hydrogens is 330 g/mol. The number of methoxy groups -OCH3 is 1. The SMILES string of the molecule is COc1ccc(-n2nnc(-c3nc(-c4ccccc4C)no3)c2C)cc1. The second-order valence-electron chi connectivity index (χ2n) is 5.87. The summed E-state index contributed by atoms with van der Waals surface area (Å²) in [5.74, 6) is 1.67. The molecule has 0 aliphatic carbocycles. The number of aryl methyl sites for hydroxylation is 1. The Morgan fingerprint density at radius 1 is 1.00 bits per heavy atom. The molecule has 4 aromatic rings. The lowest BCUT2D eigenvalue weighted by Crippen LogP contribution is -1.99. The molecule has 0 aliphatic rings. The van der Waals surface area contributed by atoms with Crippen molar-refractivity contribution in [3.8, 4) is 34.4 Å². The first-order valence-electron chi connectivity index (χ1n) is 8.14. The Morgan fingerprint density at radius 3 is 2.50 bits per heavy atom. The summed E-state index contributed by atoms with van der Waals surface area (Å²) in [4.78, 5) is 4.49. The second kappa shape index (κ2) is 6.44. The zero-order valence-corrected chi connectivity index (χ0v) is 14.7. The van der Waals surface area contributed by atoms with E-state index in [2.05, 4.69) is 20.5 Å². The van der Waals surface area contributed by atoms with Gasteiger partial charge in [0.2, 0.25) is 5.82 Å². The van der Waals surface area contributed by atoms with Gasteiger partial charge in [0, 0.05) is 5.56 Å². The first kappa shape index (κ1) is 16.0. The fraction of sp³-hybridized carbons (Fsp3) is 0.158. The maximum Gasteiger partial charge on any atom is 0.280 e. The van der Waals surface area contributed by atoms with Crippen LogP contribution in [0.1, 0.15) is 11.3 Å².